The van der Waals surface area contributed by atoms with E-state index in [1.54, 1.807) is 7.11 Å². The number of hydrogen-bond donors (Lipinski definition) is 2. The number of sulfone groups is 1. The Kier molecular flexibility index (Phi) is 6.15. The summed E-state index contributed by atoms with van der Waals surface area (Å²) in [4.78, 5) is 0. The molecule has 1 saturated heterocycles. The summed E-state index contributed by atoms with van der Waals surface area (Å²) >= 11 is 5.10. The van der Waals surface area contributed by atoms with Crippen LogP contribution in [0, 0.1) is 0 Å². The quantitative estimate of drug-likeness (QED) is 0.548. The van der Waals surface area contributed by atoms with Crippen LogP contribution >= 0.6 is 12.2 Å². The van der Waals surface area contributed by atoms with Gasteiger partial charge in [-0.1, -0.05) is 0 Å². The molecule has 0 aromatic heterocycles. The van der Waals surface area contributed by atoms with Crippen LogP contribution in [0.3, 0.4) is 0 Å². The lowest BCUT2D eigenvalue weighted by molar-refractivity contribution is 0.195. The second-order valence-electron chi connectivity index (χ2n) is 4.20. The second kappa shape index (κ2) is 7.13. The SMILES string of the molecule is COCCCNC(=S)NC1CCCS(=O)(=O)C1. The zero-order valence-corrected chi connectivity index (χ0v) is 11.7. The molecule has 0 aromatic carbocycles. The molecule has 1 fully saturated rings. The van der Waals surface area contributed by atoms with Crippen molar-refractivity contribution in [1.29, 1.82) is 0 Å². The van der Waals surface area contributed by atoms with E-state index in [4.69, 9.17) is 17.0 Å². The molecule has 1 aliphatic rings. The molecule has 0 spiro atoms. The number of nitrogens with one attached hydrogen (secondary N) is 2. The van der Waals surface area contributed by atoms with E-state index in [0.717, 1.165) is 19.4 Å². The van der Waals surface area contributed by atoms with Gasteiger partial charge < -0.3 is 15.4 Å². The Labute approximate surface area is 108 Å². The second-order valence-corrected chi connectivity index (χ2v) is 6.84. The largest absolute Gasteiger partial charge is 0.385 e. The molecule has 100 valence electrons. The minimum Gasteiger partial charge on any atom is -0.385 e. The standard InChI is InChI=1S/C10H20N2O3S2/c1-15-6-3-5-11-10(16)12-9-4-2-7-17(13,14)8-9/h9H,2-8H2,1H3,(H2,11,12,16). The molecule has 1 aliphatic heterocycles. The third kappa shape index (κ3) is 6.18. The van der Waals surface area contributed by atoms with Gasteiger partial charge in [0.25, 0.3) is 0 Å². The summed E-state index contributed by atoms with van der Waals surface area (Å²) in [5.41, 5.74) is 0. The topological polar surface area (TPSA) is 67.4 Å². The summed E-state index contributed by atoms with van der Waals surface area (Å²) in [5.74, 6) is 0.492. The van der Waals surface area contributed by atoms with Crippen molar-refractivity contribution in [2.24, 2.45) is 0 Å². The van der Waals surface area contributed by atoms with Crippen molar-refractivity contribution in [1.82, 2.24) is 10.6 Å². The molecule has 0 amide bonds. The number of thiocarbonyl (C=S) groups is 1. The van der Waals surface area contributed by atoms with Crippen molar-refractivity contribution in [3.8, 4) is 0 Å². The first-order valence-electron chi connectivity index (χ1n) is 5.77. The summed E-state index contributed by atoms with van der Waals surface area (Å²) < 4.78 is 27.8. The van der Waals surface area contributed by atoms with Crippen LogP contribution in [0.5, 0.6) is 0 Å². The Hall–Kier alpha value is -0.400. The molecule has 0 radical (unpaired) electrons. The van der Waals surface area contributed by atoms with Crippen LogP contribution in [-0.4, -0.2) is 51.3 Å². The maximum Gasteiger partial charge on any atom is 0.166 e. The van der Waals surface area contributed by atoms with Crippen molar-refractivity contribution < 1.29 is 13.2 Å². The molecular weight excluding hydrogens is 260 g/mol. The molecular formula is C10H20N2O3S2. The van der Waals surface area contributed by atoms with Crippen molar-refractivity contribution in [2.75, 3.05) is 31.8 Å². The first-order chi connectivity index (χ1) is 8.03. The Balaban J connectivity index is 2.22. The molecule has 0 bridgehead atoms. The lowest BCUT2D eigenvalue weighted by atomic mass is 10.2. The fourth-order valence-corrected chi connectivity index (χ4v) is 3.70. The van der Waals surface area contributed by atoms with Gasteiger partial charge in [-0.3, -0.25) is 0 Å². The van der Waals surface area contributed by atoms with Gasteiger partial charge in [-0.25, -0.2) is 8.42 Å². The number of rotatable bonds is 5. The number of methoxy groups -OCH3 is 1. The Morgan fingerprint density at radius 3 is 2.94 bits per heavy atom. The number of hydrogen-bond acceptors (Lipinski definition) is 4. The third-order valence-corrected chi connectivity index (χ3v) is 4.69. The highest BCUT2D eigenvalue weighted by molar-refractivity contribution is 7.91. The lowest BCUT2D eigenvalue weighted by Gasteiger charge is -2.24. The fourth-order valence-electron chi connectivity index (χ4n) is 1.79. The van der Waals surface area contributed by atoms with Crippen molar-refractivity contribution in [3.63, 3.8) is 0 Å². The maximum atomic E-state index is 11.4. The summed E-state index contributed by atoms with van der Waals surface area (Å²) in [6, 6.07) is -0.0452. The van der Waals surface area contributed by atoms with Crippen molar-refractivity contribution >= 4 is 27.2 Å². The van der Waals surface area contributed by atoms with Crippen LogP contribution in [0.25, 0.3) is 0 Å². The van der Waals surface area contributed by atoms with E-state index in [-0.39, 0.29) is 11.8 Å². The Bertz CT molecular complexity index is 343. The van der Waals surface area contributed by atoms with Crippen molar-refractivity contribution in [3.05, 3.63) is 0 Å². The van der Waals surface area contributed by atoms with Gasteiger partial charge >= 0.3 is 0 Å². The molecule has 5 nitrogen and oxygen atoms in total. The Morgan fingerprint density at radius 2 is 2.29 bits per heavy atom. The first kappa shape index (κ1) is 14.7. The molecule has 1 unspecified atom stereocenters. The van der Waals surface area contributed by atoms with Gasteiger partial charge in [-0.15, -0.1) is 0 Å². The third-order valence-electron chi connectivity index (χ3n) is 2.61. The molecule has 1 rings (SSSR count). The monoisotopic (exact) mass is 280 g/mol. The molecule has 1 heterocycles. The molecule has 7 heteroatoms. The predicted octanol–water partition coefficient (Wildman–Crippen LogP) is 0.0642. The predicted molar refractivity (Wildman–Crippen MR) is 71.9 cm³/mol. The number of ether oxygens (including phenoxy) is 1. The van der Waals surface area contributed by atoms with E-state index in [1.807, 2.05) is 0 Å². The summed E-state index contributed by atoms with van der Waals surface area (Å²) in [6.07, 6.45) is 2.45. The van der Waals surface area contributed by atoms with Gasteiger partial charge in [0.1, 0.15) is 0 Å². The molecule has 0 aliphatic carbocycles. The van der Waals surface area contributed by atoms with Crippen LogP contribution < -0.4 is 10.6 Å². The van der Waals surface area contributed by atoms with Gasteiger partial charge in [-0.2, -0.15) is 0 Å². The van der Waals surface area contributed by atoms with Gasteiger partial charge in [0.2, 0.25) is 0 Å². The average molecular weight is 280 g/mol. The lowest BCUT2D eigenvalue weighted by Crippen LogP contribution is -2.47. The smallest absolute Gasteiger partial charge is 0.166 e. The highest BCUT2D eigenvalue weighted by Gasteiger charge is 2.24. The van der Waals surface area contributed by atoms with Crippen LogP contribution in [-0.2, 0) is 14.6 Å². The minimum absolute atomic E-state index is 0.0452. The Morgan fingerprint density at radius 1 is 1.53 bits per heavy atom. The molecule has 0 aromatic rings. The normalized spacial score (nSPS) is 23.0. The average Bonchev–Trinajstić information content (AvgIpc) is 2.23. The van der Waals surface area contributed by atoms with E-state index < -0.39 is 9.84 Å². The fraction of sp³-hybridized carbons (Fsp3) is 0.900. The summed E-state index contributed by atoms with van der Waals surface area (Å²) in [7, 11) is -1.22. The van der Waals surface area contributed by atoms with E-state index in [0.29, 0.717) is 23.9 Å². The molecule has 17 heavy (non-hydrogen) atoms. The molecule has 0 saturated carbocycles. The first-order valence-corrected chi connectivity index (χ1v) is 8.00. The zero-order valence-electron chi connectivity index (χ0n) is 10.1. The van der Waals surface area contributed by atoms with Gasteiger partial charge in [0.05, 0.1) is 11.5 Å². The highest BCUT2D eigenvalue weighted by Crippen LogP contribution is 2.11. The van der Waals surface area contributed by atoms with Crippen LogP contribution in [0.15, 0.2) is 0 Å². The van der Waals surface area contributed by atoms with Crippen LogP contribution in [0.2, 0.25) is 0 Å². The molecule has 2 N–H and O–H groups in total. The van der Waals surface area contributed by atoms with E-state index in [9.17, 15) is 8.42 Å². The maximum absolute atomic E-state index is 11.4. The van der Waals surface area contributed by atoms with Crippen LogP contribution in [0.4, 0.5) is 0 Å². The van der Waals surface area contributed by atoms with E-state index >= 15 is 0 Å². The van der Waals surface area contributed by atoms with E-state index in [1.165, 1.54) is 0 Å². The highest BCUT2D eigenvalue weighted by atomic mass is 32.2. The molecule has 1 atom stereocenters. The zero-order chi connectivity index (χ0) is 12.7. The van der Waals surface area contributed by atoms with Gasteiger partial charge in [-0.05, 0) is 31.5 Å². The minimum atomic E-state index is -2.88. The van der Waals surface area contributed by atoms with Gasteiger partial charge in [0, 0.05) is 26.3 Å². The summed E-state index contributed by atoms with van der Waals surface area (Å²) in [6.45, 7) is 1.42. The summed E-state index contributed by atoms with van der Waals surface area (Å²) in [5, 5.41) is 6.62. The van der Waals surface area contributed by atoms with Gasteiger partial charge in [0.15, 0.2) is 14.9 Å². The van der Waals surface area contributed by atoms with E-state index in [2.05, 4.69) is 10.6 Å². The van der Waals surface area contributed by atoms with Crippen LogP contribution in [0.1, 0.15) is 19.3 Å². The van der Waals surface area contributed by atoms with Crippen molar-refractivity contribution in [2.45, 2.75) is 25.3 Å².